The zero-order valence-corrected chi connectivity index (χ0v) is 8.96. The second-order valence-electron chi connectivity index (χ2n) is 3.67. The third kappa shape index (κ3) is 4.65. The molecule has 0 spiro atoms. The Morgan fingerprint density at radius 1 is 1.09 bits per heavy atom. The minimum atomic E-state index is -0.500. The fourth-order valence-corrected chi connectivity index (χ4v) is 0.929. The van der Waals surface area contributed by atoms with Crippen LogP contribution in [0.2, 0.25) is 0 Å². The third-order valence-electron chi connectivity index (χ3n) is 1.97. The predicted octanol–water partition coefficient (Wildman–Crippen LogP) is 3.56. The molecular weight excluding hydrogens is 160 g/mol. The van der Waals surface area contributed by atoms with Gasteiger partial charge >= 0.3 is 0 Å². The summed E-state index contributed by atoms with van der Waals surface area (Å²) in [4.78, 5) is 0. The van der Waals surface area contributed by atoms with Gasteiger partial charge in [0, 0.05) is 0 Å². The summed E-state index contributed by atoms with van der Waals surface area (Å²) in [6, 6.07) is 0. The smallest absolute Gasteiger partial charge is 0.139 e. The van der Waals surface area contributed by atoms with Gasteiger partial charge in [0.2, 0.25) is 0 Å². The number of alkyl halides is 1. The highest BCUT2D eigenvalue weighted by Gasteiger charge is 2.27. The van der Waals surface area contributed by atoms with E-state index in [1.54, 1.807) is 0 Å². The Morgan fingerprint density at radius 3 is 1.82 bits per heavy atom. The van der Waals surface area contributed by atoms with Crippen LogP contribution in [0.4, 0.5) is 0 Å². The maximum absolute atomic E-state index is 6.06. The Morgan fingerprint density at radius 2 is 1.55 bits per heavy atom. The summed E-state index contributed by atoms with van der Waals surface area (Å²) in [5.41, 5.74) is -0.105. The van der Waals surface area contributed by atoms with Crippen molar-refractivity contribution >= 4 is 11.6 Å². The topological polar surface area (TPSA) is 9.23 Å². The summed E-state index contributed by atoms with van der Waals surface area (Å²) >= 11 is 6.06. The third-order valence-corrected chi connectivity index (χ3v) is 2.32. The predicted molar refractivity (Wildman–Crippen MR) is 50.0 cm³/mol. The van der Waals surface area contributed by atoms with Gasteiger partial charge < -0.3 is 4.74 Å². The second-order valence-corrected chi connectivity index (χ2v) is 4.47. The van der Waals surface area contributed by atoms with Crippen molar-refractivity contribution in [3.8, 4) is 0 Å². The Hall–Kier alpha value is 0.250. The van der Waals surface area contributed by atoms with Gasteiger partial charge in [0.15, 0.2) is 0 Å². The maximum atomic E-state index is 6.06. The molecule has 0 aliphatic carbocycles. The number of halogens is 1. The first kappa shape index (κ1) is 11.2. The van der Waals surface area contributed by atoms with Crippen LogP contribution < -0.4 is 0 Å². The summed E-state index contributed by atoms with van der Waals surface area (Å²) < 4.78 is 5.69. The minimum absolute atomic E-state index is 0.105. The highest BCUT2D eigenvalue weighted by Crippen LogP contribution is 2.28. The molecule has 0 rings (SSSR count). The van der Waals surface area contributed by atoms with Gasteiger partial charge in [-0.25, -0.2) is 0 Å². The van der Waals surface area contributed by atoms with Gasteiger partial charge in [0.1, 0.15) is 5.06 Å². The molecule has 0 aromatic heterocycles. The van der Waals surface area contributed by atoms with Crippen molar-refractivity contribution in [2.24, 2.45) is 0 Å². The van der Waals surface area contributed by atoms with Crippen LogP contribution >= 0.6 is 11.6 Å². The van der Waals surface area contributed by atoms with Gasteiger partial charge in [-0.3, -0.25) is 0 Å². The molecular formula is C9H19ClO. The number of rotatable bonds is 4. The first-order valence-electron chi connectivity index (χ1n) is 4.22. The molecule has 0 aliphatic rings. The average molecular weight is 179 g/mol. The standard InChI is InChI=1S/C9H19ClO/c1-6-8(3,4)11-9(5,10)7-2/h6-7H2,1-5H3. The molecule has 0 aliphatic heterocycles. The molecule has 0 saturated heterocycles. The van der Waals surface area contributed by atoms with Crippen molar-refractivity contribution in [1.82, 2.24) is 0 Å². The lowest BCUT2D eigenvalue weighted by molar-refractivity contribution is -0.0898. The van der Waals surface area contributed by atoms with Gasteiger partial charge in [-0.15, -0.1) is 0 Å². The first-order valence-corrected chi connectivity index (χ1v) is 4.60. The van der Waals surface area contributed by atoms with E-state index in [2.05, 4.69) is 20.8 Å². The van der Waals surface area contributed by atoms with Crippen LogP contribution in [0.25, 0.3) is 0 Å². The number of ether oxygens (including phenoxy) is 1. The molecule has 0 aromatic carbocycles. The molecule has 0 radical (unpaired) electrons. The van der Waals surface area contributed by atoms with Crippen LogP contribution in [0.15, 0.2) is 0 Å². The van der Waals surface area contributed by atoms with E-state index in [4.69, 9.17) is 16.3 Å². The Kier molecular flexibility index (Phi) is 3.86. The van der Waals surface area contributed by atoms with E-state index in [9.17, 15) is 0 Å². The molecule has 1 nitrogen and oxygen atoms in total. The molecule has 1 atom stereocenters. The number of hydrogen-bond donors (Lipinski definition) is 0. The molecule has 0 heterocycles. The van der Waals surface area contributed by atoms with E-state index in [0.29, 0.717) is 0 Å². The van der Waals surface area contributed by atoms with E-state index < -0.39 is 5.06 Å². The normalized spacial score (nSPS) is 18.0. The highest BCUT2D eigenvalue weighted by atomic mass is 35.5. The summed E-state index contributed by atoms with van der Waals surface area (Å²) in [6.45, 7) is 10.2. The van der Waals surface area contributed by atoms with E-state index in [1.165, 1.54) is 0 Å². The first-order chi connectivity index (χ1) is 4.83. The largest absolute Gasteiger partial charge is 0.354 e. The van der Waals surface area contributed by atoms with E-state index >= 15 is 0 Å². The molecule has 11 heavy (non-hydrogen) atoms. The lowest BCUT2D eigenvalue weighted by atomic mass is 10.1. The number of hydrogen-bond acceptors (Lipinski definition) is 1. The van der Waals surface area contributed by atoms with Crippen LogP contribution in [0.3, 0.4) is 0 Å². The molecule has 2 heteroatoms. The van der Waals surface area contributed by atoms with E-state index in [0.717, 1.165) is 12.8 Å². The van der Waals surface area contributed by atoms with Gasteiger partial charge in [-0.05, 0) is 33.6 Å². The summed E-state index contributed by atoms with van der Waals surface area (Å²) in [5.74, 6) is 0. The molecule has 0 saturated carbocycles. The van der Waals surface area contributed by atoms with Crippen molar-refractivity contribution in [2.45, 2.75) is 58.1 Å². The molecule has 68 valence electrons. The van der Waals surface area contributed by atoms with Crippen molar-refractivity contribution in [2.75, 3.05) is 0 Å². The zero-order chi connectivity index (χ0) is 9.12. The quantitative estimate of drug-likeness (QED) is 0.599. The minimum Gasteiger partial charge on any atom is -0.354 e. The SMILES string of the molecule is CCC(C)(C)OC(C)(Cl)CC. The summed E-state index contributed by atoms with van der Waals surface area (Å²) in [5, 5.41) is -0.500. The van der Waals surface area contributed by atoms with Gasteiger partial charge in [0.05, 0.1) is 5.60 Å². The second kappa shape index (κ2) is 3.77. The monoisotopic (exact) mass is 178 g/mol. The maximum Gasteiger partial charge on any atom is 0.139 e. The van der Waals surface area contributed by atoms with Crippen molar-refractivity contribution in [1.29, 1.82) is 0 Å². The average Bonchev–Trinajstić information content (AvgIpc) is 1.86. The molecule has 1 unspecified atom stereocenters. The van der Waals surface area contributed by atoms with Crippen molar-refractivity contribution in [3.63, 3.8) is 0 Å². The van der Waals surface area contributed by atoms with E-state index in [-0.39, 0.29) is 5.60 Å². The molecule has 0 aromatic rings. The van der Waals surface area contributed by atoms with E-state index in [1.807, 2.05) is 13.8 Å². The zero-order valence-electron chi connectivity index (χ0n) is 8.20. The molecule has 0 N–H and O–H groups in total. The highest BCUT2D eigenvalue weighted by molar-refractivity contribution is 6.22. The van der Waals surface area contributed by atoms with Crippen LogP contribution in [0.1, 0.15) is 47.5 Å². The van der Waals surface area contributed by atoms with Gasteiger partial charge in [-0.2, -0.15) is 0 Å². The lowest BCUT2D eigenvalue weighted by Crippen LogP contribution is -2.34. The van der Waals surface area contributed by atoms with Crippen molar-refractivity contribution in [3.05, 3.63) is 0 Å². The van der Waals surface area contributed by atoms with Crippen LogP contribution in [-0.2, 0) is 4.74 Å². The fourth-order valence-electron chi connectivity index (χ4n) is 0.720. The Bertz CT molecular complexity index is 105. The van der Waals surface area contributed by atoms with Crippen LogP contribution in [0.5, 0.6) is 0 Å². The van der Waals surface area contributed by atoms with Gasteiger partial charge in [0.25, 0.3) is 0 Å². The van der Waals surface area contributed by atoms with Crippen LogP contribution in [-0.4, -0.2) is 10.7 Å². The van der Waals surface area contributed by atoms with Gasteiger partial charge in [-0.1, -0.05) is 25.4 Å². The molecule has 0 amide bonds. The van der Waals surface area contributed by atoms with Crippen molar-refractivity contribution < 1.29 is 4.74 Å². The molecule has 0 fully saturated rings. The Labute approximate surface area is 75.1 Å². The van der Waals surface area contributed by atoms with Crippen LogP contribution in [0, 0.1) is 0 Å². The Balaban J connectivity index is 4.02. The molecule has 0 bridgehead atoms. The fraction of sp³-hybridized carbons (Fsp3) is 1.00. The lowest BCUT2D eigenvalue weighted by Gasteiger charge is -2.32. The summed E-state index contributed by atoms with van der Waals surface area (Å²) in [6.07, 6.45) is 1.81. The summed E-state index contributed by atoms with van der Waals surface area (Å²) in [7, 11) is 0.